The van der Waals surface area contributed by atoms with E-state index in [0.29, 0.717) is 24.3 Å². The Morgan fingerprint density at radius 2 is 1.91 bits per heavy atom. The molecule has 2 aromatic carbocycles. The molecule has 2 N–H and O–H groups in total. The molecule has 23 heavy (non-hydrogen) atoms. The third kappa shape index (κ3) is 3.54. The van der Waals surface area contributed by atoms with E-state index in [2.05, 4.69) is 6.58 Å². The molecule has 0 saturated heterocycles. The molecule has 4 nitrogen and oxygen atoms in total. The van der Waals surface area contributed by atoms with E-state index in [-0.39, 0.29) is 22.6 Å². The van der Waals surface area contributed by atoms with Gasteiger partial charge < -0.3 is 14.9 Å². The molecule has 4 heteroatoms. The smallest absolute Gasteiger partial charge is 0.200 e. The summed E-state index contributed by atoms with van der Waals surface area (Å²) in [6, 6.07) is 9.46. The molecule has 0 atom stereocenters. The zero-order valence-corrected chi connectivity index (χ0v) is 13.1. The fourth-order valence-corrected chi connectivity index (χ4v) is 2.39. The lowest BCUT2D eigenvalue weighted by molar-refractivity contribution is 0.103. The van der Waals surface area contributed by atoms with Gasteiger partial charge in [0, 0.05) is 5.56 Å². The van der Waals surface area contributed by atoms with E-state index in [1.54, 1.807) is 24.3 Å². The SMILES string of the molecule is C=CCOc1ccc(C(=O)c2ccccc2O)c(O)c1CCC. The van der Waals surface area contributed by atoms with Crippen molar-refractivity contribution >= 4 is 5.78 Å². The zero-order chi connectivity index (χ0) is 16.8. The molecule has 0 aliphatic carbocycles. The Bertz CT molecular complexity index is 719. The maximum Gasteiger partial charge on any atom is 0.200 e. The molecule has 0 heterocycles. The number of para-hydroxylation sites is 1. The van der Waals surface area contributed by atoms with Crippen molar-refractivity contribution < 1.29 is 19.7 Å². The molecular weight excluding hydrogens is 292 g/mol. The minimum Gasteiger partial charge on any atom is -0.507 e. The average molecular weight is 312 g/mol. The highest BCUT2D eigenvalue weighted by molar-refractivity contribution is 6.12. The molecule has 0 saturated carbocycles. The Kier molecular flexibility index (Phi) is 5.41. The van der Waals surface area contributed by atoms with Crippen LogP contribution in [0.5, 0.6) is 17.2 Å². The van der Waals surface area contributed by atoms with Crippen LogP contribution in [-0.2, 0) is 6.42 Å². The number of hydrogen-bond acceptors (Lipinski definition) is 4. The number of carbonyl (C=O) groups is 1. The van der Waals surface area contributed by atoms with Gasteiger partial charge in [0.1, 0.15) is 23.9 Å². The van der Waals surface area contributed by atoms with Gasteiger partial charge in [0.15, 0.2) is 5.78 Å². The molecule has 0 unspecified atom stereocenters. The van der Waals surface area contributed by atoms with Gasteiger partial charge in [-0.25, -0.2) is 0 Å². The van der Waals surface area contributed by atoms with Gasteiger partial charge in [0.25, 0.3) is 0 Å². The Balaban J connectivity index is 2.47. The van der Waals surface area contributed by atoms with Gasteiger partial charge in [0.05, 0.1) is 11.1 Å². The molecule has 0 amide bonds. The maximum atomic E-state index is 12.6. The van der Waals surface area contributed by atoms with E-state index < -0.39 is 5.78 Å². The summed E-state index contributed by atoms with van der Waals surface area (Å²) in [5, 5.41) is 20.4. The monoisotopic (exact) mass is 312 g/mol. The normalized spacial score (nSPS) is 10.3. The molecule has 0 aliphatic rings. The predicted octanol–water partition coefficient (Wildman–Crippen LogP) is 3.85. The summed E-state index contributed by atoms with van der Waals surface area (Å²) in [7, 11) is 0. The van der Waals surface area contributed by atoms with E-state index >= 15 is 0 Å². The molecule has 0 fully saturated rings. The van der Waals surface area contributed by atoms with E-state index in [0.717, 1.165) is 6.42 Å². The summed E-state index contributed by atoms with van der Waals surface area (Å²) in [5.74, 6) is -0.0890. The zero-order valence-electron chi connectivity index (χ0n) is 13.1. The second-order valence-corrected chi connectivity index (χ2v) is 5.13. The second kappa shape index (κ2) is 7.49. The van der Waals surface area contributed by atoms with Crippen molar-refractivity contribution in [1.82, 2.24) is 0 Å². The summed E-state index contributed by atoms with van der Waals surface area (Å²) < 4.78 is 5.55. The summed E-state index contributed by atoms with van der Waals surface area (Å²) in [6.45, 7) is 5.90. The fourth-order valence-electron chi connectivity index (χ4n) is 2.39. The lowest BCUT2D eigenvalue weighted by atomic mass is 9.97. The van der Waals surface area contributed by atoms with Gasteiger partial charge >= 0.3 is 0 Å². The van der Waals surface area contributed by atoms with Crippen LogP contribution in [0.25, 0.3) is 0 Å². The Hall–Kier alpha value is -2.75. The van der Waals surface area contributed by atoms with Crippen LogP contribution < -0.4 is 4.74 Å². The summed E-state index contributed by atoms with van der Waals surface area (Å²) in [6.07, 6.45) is 3.00. The van der Waals surface area contributed by atoms with Crippen molar-refractivity contribution in [2.24, 2.45) is 0 Å². The van der Waals surface area contributed by atoms with Gasteiger partial charge in [-0.05, 0) is 30.7 Å². The van der Waals surface area contributed by atoms with Crippen LogP contribution in [0.15, 0.2) is 49.1 Å². The van der Waals surface area contributed by atoms with Crippen molar-refractivity contribution in [1.29, 1.82) is 0 Å². The third-order valence-corrected chi connectivity index (χ3v) is 3.49. The second-order valence-electron chi connectivity index (χ2n) is 5.13. The quantitative estimate of drug-likeness (QED) is 0.602. The van der Waals surface area contributed by atoms with Gasteiger partial charge in [-0.1, -0.05) is 38.1 Å². The standard InChI is InChI=1S/C19H20O4/c1-3-7-14-17(23-12-4-2)11-10-15(19(14)22)18(21)13-8-5-6-9-16(13)20/h4-6,8-11,20,22H,2-3,7,12H2,1H3. The number of phenolic OH excluding ortho intramolecular Hbond substituents is 2. The summed E-state index contributed by atoms with van der Waals surface area (Å²) >= 11 is 0. The number of hydrogen-bond donors (Lipinski definition) is 2. The largest absolute Gasteiger partial charge is 0.507 e. The molecule has 0 radical (unpaired) electrons. The average Bonchev–Trinajstić information content (AvgIpc) is 2.55. The lowest BCUT2D eigenvalue weighted by Gasteiger charge is -2.14. The lowest BCUT2D eigenvalue weighted by Crippen LogP contribution is -2.05. The molecule has 120 valence electrons. The number of carbonyl (C=O) groups excluding carboxylic acids is 1. The molecule has 2 aromatic rings. The topological polar surface area (TPSA) is 66.8 Å². The van der Waals surface area contributed by atoms with Crippen LogP contribution in [0.3, 0.4) is 0 Å². The molecule has 2 rings (SSSR count). The van der Waals surface area contributed by atoms with E-state index in [4.69, 9.17) is 4.74 Å². The molecule has 0 aliphatic heterocycles. The first-order chi connectivity index (χ1) is 11.1. The van der Waals surface area contributed by atoms with Crippen molar-refractivity contribution in [3.05, 3.63) is 65.7 Å². The highest BCUT2D eigenvalue weighted by Gasteiger charge is 2.21. The Labute approximate surface area is 135 Å². The third-order valence-electron chi connectivity index (χ3n) is 3.49. The van der Waals surface area contributed by atoms with Crippen molar-refractivity contribution in [2.45, 2.75) is 19.8 Å². The molecule has 0 aromatic heterocycles. The maximum absolute atomic E-state index is 12.6. The first-order valence-corrected chi connectivity index (χ1v) is 7.51. The van der Waals surface area contributed by atoms with Crippen LogP contribution in [0, 0.1) is 0 Å². The van der Waals surface area contributed by atoms with Gasteiger partial charge in [0.2, 0.25) is 0 Å². The fraction of sp³-hybridized carbons (Fsp3) is 0.211. The minimum atomic E-state index is -0.423. The number of ether oxygens (including phenoxy) is 1. The first-order valence-electron chi connectivity index (χ1n) is 7.51. The summed E-state index contributed by atoms with van der Waals surface area (Å²) in [4.78, 5) is 12.6. The Morgan fingerprint density at radius 3 is 2.57 bits per heavy atom. The van der Waals surface area contributed by atoms with Crippen LogP contribution in [0.1, 0.15) is 34.8 Å². The summed E-state index contributed by atoms with van der Waals surface area (Å²) in [5.41, 5.74) is 0.904. The highest BCUT2D eigenvalue weighted by atomic mass is 16.5. The van der Waals surface area contributed by atoms with Crippen LogP contribution in [0.2, 0.25) is 0 Å². The van der Waals surface area contributed by atoms with Crippen molar-refractivity contribution in [3.63, 3.8) is 0 Å². The predicted molar refractivity (Wildman–Crippen MR) is 89.3 cm³/mol. The van der Waals surface area contributed by atoms with Gasteiger partial charge in [-0.2, -0.15) is 0 Å². The highest BCUT2D eigenvalue weighted by Crippen LogP contribution is 2.35. The van der Waals surface area contributed by atoms with Crippen molar-refractivity contribution in [2.75, 3.05) is 6.61 Å². The van der Waals surface area contributed by atoms with Crippen molar-refractivity contribution in [3.8, 4) is 17.2 Å². The van der Waals surface area contributed by atoms with Gasteiger partial charge in [-0.15, -0.1) is 0 Å². The van der Waals surface area contributed by atoms with E-state index in [9.17, 15) is 15.0 Å². The number of aromatic hydroxyl groups is 2. The van der Waals surface area contributed by atoms with Crippen LogP contribution in [0.4, 0.5) is 0 Å². The number of rotatable bonds is 7. The van der Waals surface area contributed by atoms with Crippen LogP contribution in [-0.4, -0.2) is 22.6 Å². The van der Waals surface area contributed by atoms with E-state index in [1.807, 2.05) is 6.92 Å². The van der Waals surface area contributed by atoms with Crippen LogP contribution >= 0.6 is 0 Å². The minimum absolute atomic E-state index is 0.0957. The molecular formula is C19H20O4. The Morgan fingerprint density at radius 1 is 1.17 bits per heavy atom. The number of phenols is 2. The molecule has 0 bridgehead atoms. The first kappa shape index (κ1) is 16.6. The number of benzene rings is 2. The van der Waals surface area contributed by atoms with Gasteiger partial charge in [-0.3, -0.25) is 4.79 Å². The number of ketones is 1. The molecule has 0 spiro atoms. The van der Waals surface area contributed by atoms with E-state index in [1.165, 1.54) is 18.2 Å².